The fourth-order valence-electron chi connectivity index (χ4n) is 2.12. The summed E-state index contributed by atoms with van der Waals surface area (Å²) in [6.45, 7) is 1.92. The summed E-state index contributed by atoms with van der Waals surface area (Å²) in [5.41, 5.74) is 4.08. The zero-order valence-electron chi connectivity index (χ0n) is 14.0. The number of benzene rings is 2. The third-order valence-corrected chi connectivity index (χ3v) is 4.03. The van der Waals surface area contributed by atoms with Crippen molar-refractivity contribution in [1.82, 2.24) is 5.43 Å². The van der Waals surface area contributed by atoms with Crippen LogP contribution in [0.1, 0.15) is 18.9 Å². The maximum absolute atomic E-state index is 12.3. The molecular weight excluding hydrogens is 386 g/mol. The van der Waals surface area contributed by atoms with E-state index in [2.05, 4.69) is 31.8 Å². The van der Waals surface area contributed by atoms with E-state index < -0.39 is 6.04 Å². The molecule has 2 aromatic carbocycles. The van der Waals surface area contributed by atoms with Gasteiger partial charge in [-0.15, -0.1) is 0 Å². The SMILES string of the molecule is CCC(Nc1ccc(Br)cc1)C(=O)NN=Cc1ccc(O)c(OC)c1. The van der Waals surface area contributed by atoms with E-state index in [1.54, 1.807) is 12.1 Å². The minimum atomic E-state index is -0.396. The maximum Gasteiger partial charge on any atom is 0.262 e. The number of anilines is 1. The van der Waals surface area contributed by atoms with Gasteiger partial charge in [-0.3, -0.25) is 4.79 Å². The number of hydrogen-bond acceptors (Lipinski definition) is 5. The average molecular weight is 406 g/mol. The molecule has 2 rings (SSSR count). The molecule has 1 amide bonds. The molecular formula is C18H20BrN3O3. The summed E-state index contributed by atoms with van der Waals surface area (Å²) in [5.74, 6) is 0.166. The number of aromatic hydroxyl groups is 1. The van der Waals surface area contributed by atoms with Crippen LogP contribution in [-0.2, 0) is 4.79 Å². The number of hydrazone groups is 1. The van der Waals surface area contributed by atoms with E-state index in [0.717, 1.165) is 10.2 Å². The second-order valence-electron chi connectivity index (χ2n) is 5.28. The van der Waals surface area contributed by atoms with Crippen LogP contribution in [0.25, 0.3) is 0 Å². The molecule has 25 heavy (non-hydrogen) atoms. The normalized spacial score (nSPS) is 12.0. The van der Waals surface area contributed by atoms with E-state index in [9.17, 15) is 9.90 Å². The van der Waals surface area contributed by atoms with Crippen LogP contribution in [0.2, 0.25) is 0 Å². The molecule has 0 saturated carbocycles. The standard InChI is InChI=1S/C18H20BrN3O3/c1-3-15(21-14-7-5-13(19)6-8-14)18(24)22-20-11-12-4-9-16(23)17(10-12)25-2/h4-11,15,21,23H,3H2,1-2H3,(H,22,24). The highest BCUT2D eigenvalue weighted by molar-refractivity contribution is 9.10. The van der Waals surface area contributed by atoms with Crippen LogP contribution in [0.15, 0.2) is 52.0 Å². The van der Waals surface area contributed by atoms with Gasteiger partial charge < -0.3 is 15.2 Å². The van der Waals surface area contributed by atoms with Gasteiger partial charge in [-0.25, -0.2) is 5.43 Å². The van der Waals surface area contributed by atoms with Crippen molar-refractivity contribution in [2.24, 2.45) is 5.10 Å². The van der Waals surface area contributed by atoms with Gasteiger partial charge in [0.15, 0.2) is 11.5 Å². The van der Waals surface area contributed by atoms with Crippen molar-refractivity contribution < 1.29 is 14.6 Å². The number of nitrogens with zero attached hydrogens (tertiary/aromatic N) is 1. The van der Waals surface area contributed by atoms with Gasteiger partial charge in [0, 0.05) is 10.2 Å². The molecule has 3 N–H and O–H groups in total. The first-order valence-corrected chi connectivity index (χ1v) is 8.54. The van der Waals surface area contributed by atoms with Gasteiger partial charge in [0.05, 0.1) is 13.3 Å². The molecule has 0 aliphatic rings. The zero-order valence-corrected chi connectivity index (χ0v) is 15.6. The Balaban J connectivity index is 1.96. The van der Waals surface area contributed by atoms with Crippen molar-refractivity contribution in [3.63, 3.8) is 0 Å². The van der Waals surface area contributed by atoms with E-state index in [0.29, 0.717) is 17.7 Å². The van der Waals surface area contributed by atoms with Crippen LogP contribution in [-0.4, -0.2) is 30.4 Å². The van der Waals surface area contributed by atoms with Gasteiger partial charge in [-0.05, 0) is 54.4 Å². The quantitative estimate of drug-likeness (QED) is 0.486. The topological polar surface area (TPSA) is 83.0 Å². The molecule has 0 aliphatic heterocycles. The van der Waals surface area contributed by atoms with Crippen LogP contribution in [0, 0.1) is 0 Å². The Bertz CT molecular complexity index is 748. The highest BCUT2D eigenvalue weighted by atomic mass is 79.9. The van der Waals surface area contributed by atoms with Crippen molar-refractivity contribution in [2.75, 3.05) is 12.4 Å². The Morgan fingerprint density at radius 2 is 2.04 bits per heavy atom. The summed E-state index contributed by atoms with van der Waals surface area (Å²) in [5, 5.41) is 16.7. The highest BCUT2D eigenvalue weighted by Gasteiger charge is 2.15. The van der Waals surface area contributed by atoms with Crippen molar-refractivity contribution in [1.29, 1.82) is 0 Å². The summed E-state index contributed by atoms with van der Waals surface area (Å²) in [6.07, 6.45) is 2.11. The predicted molar refractivity (Wildman–Crippen MR) is 102 cm³/mol. The monoisotopic (exact) mass is 405 g/mol. The lowest BCUT2D eigenvalue weighted by atomic mass is 10.2. The van der Waals surface area contributed by atoms with E-state index in [-0.39, 0.29) is 11.7 Å². The number of halogens is 1. The first-order chi connectivity index (χ1) is 12.0. The molecule has 0 saturated heterocycles. The molecule has 0 bridgehead atoms. The summed E-state index contributed by atoms with van der Waals surface area (Å²) >= 11 is 3.38. The summed E-state index contributed by atoms with van der Waals surface area (Å²) in [4.78, 5) is 12.3. The number of hydrogen-bond donors (Lipinski definition) is 3. The molecule has 0 aliphatic carbocycles. The second-order valence-corrected chi connectivity index (χ2v) is 6.19. The molecule has 7 heteroatoms. The lowest BCUT2D eigenvalue weighted by Gasteiger charge is -2.16. The summed E-state index contributed by atoms with van der Waals surface area (Å²) in [6, 6.07) is 12.0. The number of methoxy groups -OCH3 is 1. The highest BCUT2D eigenvalue weighted by Crippen LogP contribution is 2.25. The van der Waals surface area contributed by atoms with Gasteiger partial charge >= 0.3 is 0 Å². The van der Waals surface area contributed by atoms with Crippen molar-refractivity contribution in [2.45, 2.75) is 19.4 Å². The van der Waals surface area contributed by atoms with Crippen LogP contribution in [0.5, 0.6) is 11.5 Å². The van der Waals surface area contributed by atoms with Gasteiger partial charge in [-0.2, -0.15) is 5.10 Å². The van der Waals surface area contributed by atoms with E-state index in [4.69, 9.17) is 4.74 Å². The van der Waals surface area contributed by atoms with E-state index in [1.165, 1.54) is 19.4 Å². The van der Waals surface area contributed by atoms with Gasteiger partial charge in [0.1, 0.15) is 6.04 Å². The maximum atomic E-state index is 12.3. The molecule has 0 radical (unpaired) electrons. The number of rotatable bonds is 7. The Kier molecular flexibility index (Phi) is 6.82. The smallest absolute Gasteiger partial charge is 0.262 e. The molecule has 1 atom stereocenters. The molecule has 0 aromatic heterocycles. The van der Waals surface area contributed by atoms with Crippen LogP contribution in [0.4, 0.5) is 5.69 Å². The Morgan fingerprint density at radius 3 is 2.68 bits per heavy atom. The molecule has 0 heterocycles. The fraction of sp³-hybridized carbons (Fsp3) is 0.222. The summed E-state index contributed by atoms with van der Waals surface area (Å²) < 4.78 is 6.01. The largest absolute Gasteiger partial charge is 0.504 e. The van der Waals surface area contributed by atoms with Gasteiger partial charge in [-0.1, -0.05) is 22.9 Å². The third-order valence-electron chi connectivity index (χ3n) is 3.50. The predicted octanol–water partition coefficient (Wildman–Crippen LogP) is 3.50. The van der Waals surface area contributed by atoms with Crippen LogP contribution < -0.4 is 15.5 Å². The van der Waals surface area contributed by atoms with Gasteiger partial charge in [0.2, 0.25) is 0 Å². The number of phenolic OH excluding ortho intramolecular Hbond substituents is 1. The molecule has 2 aromatic rings. The van der Waals surface area contributed by atoms with Crippen molar-refractivity contribution in [3.05, 3.63) is 52.5 Å². The van der Waals surface area contributed by atoms with Crippen LogP contribution in [0.3, 0.4) is 0 Å². The molecule has 6 nitrogen and oxygen atoms in total. The fourth-order valence-corrected chi connectivity index (χ4v) is 2.39. The van der Waals surface area contributed by atoms with Crippen LogP contribution >= 0.6 is 15.9 Å². The zero-order chi connectivity index (χ0) is 18.2. The number of ether oxygens (including phenoxy) is 1. The first-order valence-electron chi connectivity index (χ1n) is 7.75. The van der Waals surface area contributed by atoms with E-state index >= 15 is 0 Å². The third kappa shape index (κ3) is 5.49. The number of carbonyl (C=O) groups is 1. The van der Waals surface area contributed by atoms with Gasteiger partial charge in [0.25, 0.3) is 5.91 Å². The second kappa shape index (κ2) is 9.08. The Labute approximate surface area is 155 Å². The number of nitrogens with one attached hydrogen (secondary N) is 2. The molecule has 1 unspecified atom stereocenters. The number of carbonyl (C=O) groups excluding carboxylic acids is 1. The van der Waals surface area contributed by atoms with Crippen molar-refractivity contribution in [3.8, 4) is 11.5 Å². The molecule has 0 spiro atoms. The Hall–Kier alpha value is -2.54. The molecule has 132 valence electrons. The van der Waals surface area contributed by atoms with Crippen molar-refractivity contribution >= 4 is 33.7 Å². The molecule has 0 fully saturated rings. The lowest BCUT2D eigenvalue weighted by molar-refractivity contribution is -0.121. The summed E-state index contributed by atoms with van der Waals surface area (Å²) in [7, 11) is 1.47. The minimum absolute atomic E-state index is 0.0495. The van der Waals surface area contributed by atoms with E-state index in [1.807, 2.05) is 31.2 Å². The average Bonchev–Trinajstić information content (AvgIpc) is 2.62. The number of phenols is 1. The number of amides is 1. The lowest BCUT2D eigenvalue weighted by Crippen LogP contribution is -2.36. The Morgan fingerprint density at radius 1 is 1.32 bits per heavy atom. The first kappa shape index (κ1) is 18.8. The minimum Gasteiger partial charge on any atom is -0.504 e.